The Bertz CT molecular complexity index is 697. The number of benzene rings is 2. The summed E-state index contributed by atoms with van der Waals surface area (Å²) < 4.78 is 0. The van der Waals surface area contributed by atoms with Crippen molar-refractivity contribution in [2.45, 2.75) is 51.5 Å². The smallest absolute Gasteiger partial charge is 0.239 e. The number of unbranched alkanes of at least 4 members (excludes halogenated alkanes) is 3. The largest absolute Gasteiger partial charge is 0.368 e. The molecule has 0 heterocycles. The minimum atomic E-state index is -0.574. The van der Waals surface area contributed by atoms with Gasteiger partial charge in [0.2, 0.25) is 11.8 Å². The van der Waals surface area contributed by atoms with Gasteiger partial charge in [0.05, 0.1) is 6.42 Å². The van der Waals surface area contributed by atoms with E-state index in [9.17, 15) is 9.59 Å². The van der Waals surface area contributed by atoms with Crippen LogP contribution in [0.3, 0.4) is 0 Å². The maximum absolute atomic E-state index is 12.2. The van der Waals surface area contributed by atoms with Gasteiger partial charge in [0.1, 0.15) is 6.04 Å². The molecular formula is C20H26N2O2. The molecule has 1 atom stereocenters. The van der Waals surface area contributed by atoms with Crippen LogP contribution in [0.25, 0.3) is 10.8 Å². The first-order chi connectivity index (χ1) is 11.6. The van der Waals surface area contributed by atoms with Crippen molar-refractivity contribution < 1.29 is 9.59 Å². The molecule has 2 aromatic carbocycles. The molecule has 24 heavy (non-hydrogen) atoms. The Kier molecular flexibility index (Phi) is 6.79. The summed E-state index contributed by atoms with van der Waals surface area (Å²) >= 11 is 0. The first kappa shape index (κ1) is 18.0. The molecule has 0 aromatic heterocycles. The van der Waals surface area contributed by atoms with Gasteiger partial charge in [0.25, 0.3) is 0 Å². The van der Waals surface area contributed by atoms with Gasteiger partial charge in [-0.1, -0.05) is 75.1 Å². The van der Waals surface area contributed by atoms with Crippen molar-refractivity contribution in [3.63, 3.8) is 0 Å². The summed E-state index contributed by atoms with van der Waals surface area (Å²) in [6.45, 7) is 2.14. The first-order valence-electron chi connectivity index (χ1n) is 8.66. The summed E-state index contributed by atoms with van der Waals surface area (Å²) in [6, 6.07) is 13.4. The van der Waals surface area contributed by atoms with Gasteiger partial charge in [-0.15, -0.1) is 0 Å². The molecule has 0 aliphatic rings. The van der Waals surface area contributed by atoms with Crippen LogP contribution in [0.4, 0.5) is 0 Å². The van der Waals surface area contributed by atoms with Gasteiger partial charge in [0.15, 0.2) is 0 Å². The van der Waals surface area contributed by atoms with Crippen molar-refractivity contribution in [3.05, 3.63) is 48.0 Å². The third-order valence-corrected chi connectivity index (χ3v) is 4.20. The summed E-state index contributed by atoms with van der Waals surface area (Å²) in [5, 5.41) is 5.03. The molecule has 0 saturated carbocycles. The Balaban J connectivity index is 1.92. The second-order valence-corrected chi connectivity index (χ2v) is 6.23. The van der Waals surface area contributed by atoms with Crippen molar-refractivity contribution in [1.29, 1.82) is 0 Å². The molecule has 2 aromatic rings. The van der Waals surface area contributed by atoms with Crippen molar-refractivity contribution in [2.24, 2.45) is 5.73 Å². The first-order valence-corrected chi connectivity index (χ1v) is 8.66. The fourth-order valence-electron chi connectivity index (χ4n) is 2.84. The van der Waals surface area contributed by atoms with Crippen LogP contribution in [0.15, 0.2) is 42.5 Å². The number of nitrogens with one attached hydrogen (secondary N) is 1. The second kappa shape index (κ2) is 9.06. The van der Waals surface area contributed by atoms with Gasteiger partial charge in [-0.3, -0.25) is 9.59 Å². The van der Waals surface area contributed by atoms with E-state index in [0.29, 0.717) is 6.42 Å². The Labute approximate surface area is 143 Å². The molecule has 0 fully saturated rings. The highest BCUT2D eigenvalue weighted by atomic mass is 16.2. The fourth-order valence-corrected chi connectivity index (χ4v) is 2.84. The van der Waals surface area contributed by atoms with E-state index in [2.05, 4.69) is 12.2 Å². The summed E-state index contributed by atoms with van der Waals surface area (Å²) in [6.07, 6.45) is 5.09. The van der Waals surface area contributed by atoms with E-state index in [4.69, 9.17) is 5.73 Å². The Morgan fingerprint density at radius 3 is 2.50 bits per heavy atom. The minimum Gasteiger partial charge on any atom is -0.368 e. The molecule has 2 amide bonds. The average molecular weight is 326 g/mol. The van der Waals surface area contributed by atoms with Crippen LogP contribution in [0.2, 0.25) is 0 Å². The number of amides is 2. The number of fused-ring (bicyclic) bond motifs is 1. The number of hydrogen-bond donors (Lipinski definition) is 2. The van der Waals surface area contributed by atoms with Gasteiger partial charge in [-0.05, 0) is 22.8 Å². The molecular weight excluding hydrogens is 300 g/mol. The van der Waals surface area contributed by atoms with E-state index >= 15 is 0 Å². The van der Waals surface area contributed by atoms with E-state index in [1.165, 1.54) is 0 Å². The van der Waals surface area contributed by atoms with Crippen LogP contribution in [0.1, 0.15) is 44.6 Å². The van der Waals surface area contributed by atoms with Crippen LogP contribution in [0.5, 0.6) is 0 Å². The van der Waals surface area contributed by atoms with Crippen LogP contribution < -0.4 is 11.1 Å². The lowest BCUT2D eigenvalue weighted by Crippen LogP contribution is -2.44. The van der Waals surface area contributed by atoms with Crippen molar-refractivity contribution in [1.82, 2.24) is 5.32 Å². The lowest BCUT2D eigenvalue weighted by atomic mass is 10.0. The fraction of sp³-hybridized carbons (Fsp3) is 0.400. The van der Waals surface area contributed by atoms with Gasteiger partial charge >= 0.3 is 0 Å². The van der Waals surface area contributed by atoms with Crippen molar-refractivity contribution in [2.75, 3.05) is 0 Å². The average Bonchev–Trinajstić information content (AvgIpc) is 2.57. The van der Waals surface area contributed by atoms with Gasteiger partial charge in [0, 0.05) is 0 Å². The summed E-state index contributed by atoms with van der Waals surface area (Å²) in [7, 11) is 0. The Hall–Kier alpha value is -2.36. The maximum atomic E-state index is 12.2. The SMILES string of the molecule is CCCCCC[C@H](NC(=O)Cc1ccc2ccccc2c1)C(N)=O. The third-order valence-electron chi connectivity index (χ3n) is 4.20. The zero-order chi connectivity index (χ0) is 17.4. The van der Waals surface area contributed by atoms with E-state index in [1.54, 1.807) is 0 Å². The lowest BCUT2D eigenvalue weighted by molar-refractivity contribution is -0.127. The molecule has 0 aliphatic heterocycles. The summed E-state index contributed by atoms with van der Waals surface area (Å²) in [4.78, 5) is 23.8. The molecule has 0 unspecified atom stereocenters. The van der Waals surface area contributed by atoms with Crippen LogP contribution in [-0.4, -0.2) is 17.9 Å². The topological polar surface area (TPSA) is 72.2 Å². The molecule has 2 rings (SSSR count). The number of carbonyl (C=O) groups is 2. The zero-order valence-corrected chi connectivity index (χ0v) is 14.3. The molecule has 0 radical (unpaired) electrons. The predicted octanol–water partition coefficient (Wildman–Crippen LogP) is 3.32. The highest BCUT2D eigenvalue weighted by molar-refractivity contribution is 5.88. The van der Waals surface area contributed by atoms with E-state index in [0.717, 1.165) is 42.0 Å². The normalized spacial score (nSPS) is 12.0. The standard InChI is InChI=1S/C20H26N2O2/c1-2-3-4-5-10-18(20(21)24)22-19(23)14-15-11-12-16-8-6-7-9-17(16)13-15/h6-9,11-13,18H,2-5,10,14H2,1H3,(H2,21,24)(H,22,23)/t18-/m0/s1. The molecule has 0 spiro atoms. The molecule has 128 valence electrons. The number of nitrogens with two attached hydrogens (primary N) is 1. The Morgan fingerprint density at radius 1 is 1.04 bits per heavy atom. The lowest BCUT2D eigenvalue weighted by Gasteiger charge is -2.15. The molecule has 4 heteroatoms. The number of primary amides is 1. The van der Waals surface area contributed by atoms with Crippen molar-refractivity contribution >= 4 is 22.6 Å². The maximum Gasteiger partial charge on any atom is 0.239 e. The van der Waals surface area contributed by atoms with Gasteiger partial charge < -0.3 is 11.1 Å². The Morgan fingerprint density at radius 2 is 1.79 bits per heavy atom. The molecule has 3 N–H and O–H groups in total. The third kappa shape index (κ3) is 5.37. The highest BCUT2D eigenvalue weighted by Crippen LogP contribution is 2.16. The van der Waals surface area contributed by atoms with Crippen LogP contribution in [-0.2, 0) is 16.0 Å². The summed E-state index contributed by atoms with van der Waals surface area (Å²) in [5.41, 5.74) is 6.34. The minimum absolute atomic E-state index is 0.162. The van der Waals surface area contributed by atoms with Crippen LogP contribution in [0, 0.1) is 0 Å². The predicted molar refractivity (Wildman–Crippen MR) is 97.5 cm³/mol. The second-order valence-electron chi connectivity index (χ2n) is 6.23. The van der Waals surface area contributed by atoms with Gasteiger partial charge in [-0.2, -0.15) is 0 Å². The van der Waals surface area contributed by atoms with Crippen LogP contribution >= 0.6 is 0 Å². The highest BCUT2D eigenvalue weighted by Gasteiger charge is 2.17. The van der Waals surface area contributed by atoms with Gasteiger partial charge in [-0.25, -0.2) is 0 Å². The van der Waals surface area contributed by atoms with E-state index < -0.39 is 11.9 Å². The molecule has 0 aliphatic carbocycles. The molecule has 0 saturated heterocycles. The molecule has 4 nitrogen and oxygen atoms in total. The zero-order valence-electron chi connectivity index (χ0n) is 14.3. The summed E-state index contributed by atoms with van der Waals surface area (Å²) in [5.74, 6) is -0.622. The quantitative estimate of drug-likeness (QED) is 0.694. The van der Waals surface area contributed by atoms with E-state index in [1.807, 2.05) is 42.5 Å². The monoisotopic (exact) mass is 326 g/mol. The number of rotatable bonds is 9. The van der Waals surface area contributed by atoms with Crippen molar-refractivity contribution in [3.8, 4) is 0 Å². The number of hydrogen-bond acceptors (Lipinski definition) is 2. The number of carbonyl (C=O) groups excluding carboxylic acids is 2. The van der Waals surface area contributed by atoms with E-state index in [-0.39, 0.29) is 12.3 Å². The molecule has 0 bridgehead atoms.